The van der Waals surface area contributed by atoms with Gasteiger partial charge in [0, 0.05) is 17.3 Å². The van der Waals surface area contributed by atoms with Gasteiger partial charge in [-0.2, -0.15) is 0 Å². The Hall–Kier alpha value is -2.13. The summed E-state index contributed by atoms with van der Waals surface area (Å²) in [5.41, 5.74) is 0.542. The molecule has 1 atom stereocenters. The minimum absolute atomic E-state index is 0.101. The van der Waals surface area contributed by atoms with Crippen molar-refractivity contribution < 1.29 is 9.53 Å². The lowest BCUT2D eigenvalue weighted by atomic mass is 9.82. The summed E-state index contributed by atoms with van der Waals surface area (Å²) in [4.78, 5) is 12.0. The molecule has 0 amide bonds. The van der Waals surface area contributed by atoms with Gasteiger partial charge in [0.15, 0.2) is 0 Å². The summed E-state index contributed by atoms with van der Waals surface area (Å²) in [7, 11) is 0. The third-order valence-corrected chi connectivity index (χ3v) is 6.41. The van der Waals surface area contributed by atoms with Crippen molar-refractivity contribution in [3.8, 4) is 0 Å². The summed E-state index contributed by atoms with van der Waals surface area (Å²) in [6.45, 7) is 0. The Labute approximate surface area is 154 Å². The molecule has 1 fully saturated rings. The van der Waals surface area contributed by atoms with Gasteiger partial charge in [0.2, 0.25) is 0 Å². The number of rotatable bonds is 2. The number of alkyl halides is 1. The first kappa shape index (κ1) is 15.2. The van der Waals surface area contributed by atoms with Crippen molar-refractivity contribution in [3.63, 3.8) is 0 Å². The fraction of sp³-hybridized carbons (Fsp3) is 0.227. The SMILES string of the molecule is O=C1CCC[C@@](CBr)(c2ccc3ccc4cccc5ccc2c3c45)O1. The second-order valence-electron chi connectivity index (χ2n) is 6.92. The van der Waals surface area contributed by atoms with Crippen molar-refractivity contribution in [2.45, 2.75) is 24.9 Å². The van der Waals surface area contributed by atoms with Gasteiger partial charge in [0.25, 0.3) is 0 Å². The Morgan fingerprint density at radius 1 is 0.920 bits per heavy atom. The van der Waals surface area contributed by atoms with Gasteiger partial charge in [0.05, 0.1) is 0 Å². The van der Waals surface area contributed by atoms with Crippen LogP contribution < -0.4 is 0 Å². The number of halogens is 1. The highest BCUT2D eigenvalue weighted by atomic mass is 79.9. The number of esters is 1. The van der Waals surface area contributed by atoms with E-state index in [-0.39, 0.29) is 5.97 Å². The summed E-state index contributed by atoms with van der Waals surface area (Å²) >= 11 is 3.62. The van der Waals surface area contributed by atoms with Gasteiger partial charge >= 0.3 is 5.97 Å². The number of hydrogen-bond donors (Lipinski definition) is 0. The van der Waals surface area contributed by atoms with E-state index in [0.29, 0.717) is 11.8 Å². The smallest absolute Gasteiger partial charge is 0.306 e. The van der Waals surface area contributed by atoms with Crippen molar-refractivity contribution in [2.75, 3.05) is 5.33 Å². The fourth-order valence-electron chi connectivity index (χ4n) is 4.33. The highest BCUT2D eigenvalue weighted by Crippen LogP contribution is 2.44. The molecular formula is C22H17BrO2. The second-order valence-corrected chi connectivity index (χ2v) is 7.49. The fourth-order valence-corrected chi connectivity index (χ4v) is 5.02. The van der Waals surface area contributed by atoms with Crippen molar-refractivity contribution in [1.29, 1.82) is 0 Å². The van der Waals surface area contributed by atoms with E-state index in [4.69, 9.17) is 4.74 Å². The molecule has 0 N–H and O–H groups in total. The topological polar surface area (TPSA) is 26.3 Å². The monoisotopic (exact) mass is 392 g/mol. The van der Waals surface area contributed by atoms with E-state index in [2.05, 4.69) is 70.5 Å². The maximum absolute atomic E-state index is 12.0. The summed E-state index contributed by atoms with van der Waals surface area (Å²) in [5, 5.41) is 8.12. The second kappa shape index (κ2) is 5.43. The van der Waals surface area contributed by atoms with Gasteiger partial charge in [-0.25, -0.2) is 0 Å². The molecule has 0 aromatic heterocycles. The normalized spacial score (nSPS) is 21.2. The Morgan fingerprint density at radius 2 is 1.60 bits per heavy atom. The molecule has 1 saturated heterocycles. The average molecular weight is 393 g/mol. The lowest BCUT2D eigenvalue weighted by Crippen LogP contribution is -2.38. The summed E-state index contributed by atoms with van der Waals surface area (Å²) in [6, 6.07) is 19.5. The zero-order valence-corrected chi connectivity index (χ0v) is 15.3. The molecule has 5 rings (SSSR count). The maximum atomic E-state index is 12.0. The number of ether oxygens (including phenoxy) is 1. The first-order valence-corrected chi connectivity index (χ1v) is 9.79. The summed E-state index contributed by atoms with van der Waals surface area (Å²) in [5.74, 6) is -0.101. The quantitative estimate of drug-likeness (QED) is 0.241. The largest absolute Gasteiger partial charge is 0.453 e. The molecule has 4 aromatic rings. The lowest BCUT2D eigenvalue weighted by molar-refractivity contribution is -0.165. The van der Waals surface area contributed by atoms with Crippen molar-refractivity contribution in [1.82, 2.24) is 0 Å². The van der Waals surface area contributed by atoms with Gasteiger partial charge < -0.3 is 4.74 Å². The molecule has 25 heavy (non-hydrogen) atoms. The van der Waals surface area contributed by atoms with Crippen molar-refractivity contribution in [2.24, 2.45) is 0 Å². The summed E-state index contributed by atoms with van der Waals surface area (Å²) < 4.78 is 5.91. The molecule has 0 spiro atoms. The van der Waals surface area contributed by atoms with Crippen LogP contribution in [0.5, 0.6) is 0 Å². The molecule has 1 aliphatic heterocycles. The van der Waals surface area contributed by atoms with Crippen LogP contribution in [0, 0.1) is 0 Å². The Morgan fingerprint density at radius 3 is 2.32 bits per heavy atom. The molecule has 124 valence electrons. The van der Waals surface area contributed by atoms with Crippen LogP contribution in [0.3, 0.4) is 0 Å². The zero-order valence-electron chi connectivity index (χ0n) is 13.7. The third kappa shape index (κ3) is 2.12. The average Bonchev–Trinajstić information content (AvgIpc) is 2.66. The molecule has 4 aromatic carbocycles. The predicted molar refractivity (Wildman–Crippen MR) is 106 cm³/mol. The molecule has 0 bridgehead atoms. The standard InChI is InChI=1S/C22H17BrO2/c23-13-22(12-2-5-19(24)25-22)18-11-9-16-7-6-14-3-1-4-15-8-10-17(18)21(16)20(14)15/h1,3-4,6-11H,2,5,12-13H2/t22-/m1/s1. The van der Waals surface area contributed by atoms with Crippen molar-refractivity contribution >= 4 is 54.2 Å². The molecule has 0 aliphatic carbocycles. The van der Waals surface area contributed by atoms with Gasteiger partial charge in [-0.15, -0.1) is 0 Å². The molecule has 0 saturated carbocycles. The van der Waals surface area contributed by atoms with Gasteiger partial charge in [0.1, 0.15) is 5.60 Å². The molecule has 2 nitrogen and oxygen atoms in total. The van der Waals surface area contributed by atoms with E-state index in [1.807, 2.05) is 0 Å². The molecule has 1 aliphatic rings. The van der Waals surface area contributed by atoms with Crippen LogP contribution in [0.2, 0.25) is 0 Å². The Bertz CT molecular complexity index is 1100. The van der Waals surface area contributed by atoms with Crippen LogP contribution in [0.25, 0.3) is 32.3 Å². The number of carbonyl (C=O) groups excluding carboxylic acids is 1. The molecule has 0 radical (unpaired) electrons. The Balaban J connectivity index is 1.89. The first-order valence-electron chi connectivity index (χ1n) is 8.67. The number of hydrogen-bond acceptors (Lipinski definition) is 2. The maximum Gasteiger partial charge on any atom is 0.306 e. The molecule has 3 heteroatoms. The van der Waals surface area contributed by atoms with Crippen LogP contribution in [0.1, 0.15) is 24.8 Å². The van der Waals surface area contributed by atoms with E-state index in [1.54, 1.807) is 0 Å². The number of carbonyl (C=O) groups is 1. The highest BCUT2D eigenvalue weighted by Gasteiger charge is 2.39. The molecular weight excluding hydrogens is 376 g/mol. The highest BCUT2D eigenvalue weighted by molar-refractivity contribution is 9.09. The molecule has 1 heterocycles. The van der Waals surface area contributed by atoms with E-state index in [0.717, 1.165) is 18.4 Å². The minimum Gasteiger partial charge on any atom is -0.453 e. The van der Waals surface area contributed by atoms with Crippen LogP contribution >= 0.6 is 15.9 Å². The first-order chi connectivity index (χ1) is 12.2. The lowest BCUT2D eigenvalue weighted by Gasteiger charge is -2.36. The summed E-state index contributed by atoms with van der Waals surface area (Å²) in [6.07, 6.45) is 2.24. The zero-order chi connectivity index (χ0) is 17.0. The van der Waals surface area contributed by atoms with Crippen LogP contribution in [-0.4, -0.2) is 11.3 Å². The van der Waals surface area contributed by atoms with E-state index in [9.17, 15) is 4.79 Å². The van der Waals surface area contributed by atoms with Gasteiger partial charge in [-0.1, -0.05) is 70.5 Å². The number of cyclic esters (lactones) is 1. The van der Waals surface area contributed by atoms with E-state index >= 15 is 0 Å². The predicted octanol–water partition coefficient (Wildman–Crippen LogP) is 5.90. The van der Waals surface area contributed by atoms with Crippen LogP contribution in [-0.2, 0) is 15.1 Å². The van der Waals surface area contributed by atoms with E-state index < -0.39 is 5.60 Å². The number of benzene rings is 4. The van der Waals surface area contributed by atoms with Crippen LogP contribution in [0.15, 0.2) is 54.6 Å². The molecule has 0 unspecified atom stereocenters. The van der Waals surface area contributed by atoms with E-state index in [1.165, 1.54) is 32.3 Å². The van der Waals surface area contributed by atoms with Crippen LogP contribution in [0.4, 0.5) is 0 Å². The van der Waals surface area contributed by atoms with Crippen molar-refractivity contribution in [3.05, 3.63) is 60.2 Å². The van der Waals surface area contributed by atoms with Gasteiger partial charge in [-0.3, -0.25) is 4.79 Å². The van der Waals surface area contributed by atoms with Gasteiger partial charge in [-0.05, 0) is 45.2 Å². The Kier molecular flexibility index (Phi) is 3.29. The minimum atomic E-state index is -0.572. The third-order valence-electron chi connectivity index (χ3n) is 5.51.